The average molecular weight is 256 g/mol. The van der Waals surface area contributed by atoms with E-state index in [-0.39, 0.29) is 6.79 Å². The number of ether oxygens (including phenoxy) is 4. The van der Waals surface area contributed by atoms with Crippen molar-refractivity contribution in [2.24, 2.45) is 0 Å². The third-order valence-corrected chi connectivity index (χ3v) is 3.35. The first-order valence-corrected chi connectivity index (χ1v) is 6.12. The van der Waals surface area contributed by atoms with Gasteiger partial charge in [0.05, 0.1) is 0 Å². The summed E-state index contributed by atoms with van der Waals surface area (Å²) in [6.07, 6.45) is 0. The van der Waals surface area contributed by atoms with Gasteiger partial charge in [0.2, 0.25) is 6.79 Å². The van der Waals surface area contributed by atoms with Crippen molar-refractivity contribution in [3.8, 4) is 23.0 Å². The molecule has 0 N–H and O–H groups in total. The minimum atomic E-state index is -0.807. The third-order valence-electron chi connectivity index (χ3n) is 3.35. The van der Waals surface area contributed by atoms with E-state index in [1.165, 1.54) is 0 Å². The van der Waals surface area contributed by atoms with Gasteiger partial charge in [-0.05, 0) is 0 Å². The summed E-state index contributed by atoms with van der Waals surface area (Å²) in [6.45, 7) is 2.14. The Morgan fingerprint density at radius 3 is 2.00 bits per heavy atom. The van der Waals surface area contributed by atoms with Gasteiger partial charge in [0.1, 0.15) is 0 Å². The second-order valence-corrected chi connectivity index (χ2v) is 4.67. The summed E-state index contributed by atoms with van der Waals surface area (Å²) in [6, 6.07) is 13.5. The van der Waals surface area contributed by atoms with Crippen LogP contribution in [0.25, 0.3) is 0 Å². The zero-order chi connectivity index (χ0) is 12.9. The molecule has 0 radical (unpaired) electrons. The molecule has 4 rings (SSSR count). The van der Waals surface area contributed by atoms with Crippen molar-refractivity contribution in [1.82, 2.24) is 0 Å². The molecule has 0 saturated heterocycles. The van der Waals surface area contributed by atoms with Gasteiger partial charge in [0.15, 0.2) is 23.0 Å². The molecule has 96 valence electrons. The standard InChI is InChI=1S/C15H12O4/c1-15(10-5-3-2-4-6-10)18-13-7-11-12(17-9-16-11)8-14(13)19-15/h2-8H,9H2,1H3. The van der Waals surface area contributed by atoms with E-state index in [0.29, 0.717) is 23.0 Å². The summed E-state index contributed by atoms with van der Waals surface area (Å²) in [5.74, 6) is 1.93. The van der Waals surface area contributed by atoms with Crippen LogP contribution in [0.1, 0.15) is 12.5 Å². The Morgan fingerprint density at radius 1 is 0.842 bits per heavy atom. The molecule has 2 aromatic carbocycles. The Kier molecular flexibility index (Phi) is 1.98. The first-order chi connectivity index (χ1) is 9.24. The van der Waals surface area contributed by atoms with Crippen molar-refractivity contribution in [2.45, 2.75) is 12.7 Å². The molecule has 0 bridgehead atoms. The van der Waals surface area contributed by atoms with Crippen molar-refractivity contribution in [2.75, 3.05) is 6.79 Å². The summed E-state index contributed by atoms with van der Waals surface area (Å²) < 4.78 is 22.6. The summed E-state index contributed by atoms with van der Waals surface area (Å²) >= 11 is 0. The van der Waals surface area contributed by atoms with Gasteiger partial charge in [-0.1, -0.05) is 30.3 Å². The third kappa shape index (κ3) is 1.53. The lowest BCUT2D eigenvalue weighted by Crippen LogP contribution is -2.31. The maximum absolute atomic E-state index is 5.95. The highest BCUT2D eigenvalue weighted by Crippen LogP contribution is 2.50. The Balaban J connectivity index is 1.74. The number of hydrogen-bond donors (Lipinski definition) is 0. The fourth-order valence-electron chi connectivity index (χ4n) is 2.36. The fourth-order valence-corrected chi connectivity index (χ4v) is 2.36. The van der Waals surface area contributed by atoms with E-state index < -0.39 is 5.79 Å². The molecule has 4 heteroatoms. The van der Waals surface area contributed by atoms with Gasteiger partial charge in [-0.15, -0.1) is 0 Å². The van der Waals surface area contributed by atoms with Gasteiger partial charge in [-0.3, -0.25) is 0 Å². The summed E-state index contributed by atoms with van der Waals surface area (Å²) in [5, 5.41) is 0. The van der Waals surface area contributed by atoms with Crippen LogP contribution in [0.4, 0.5) is 0 Å². The molecule has 2 aromatic rings. The van der Waals surface area contributed by atoms with Crippen molar-refractivity contribution < 1.29 is 18.9 Å². The summed E-state index contributed by atoms with van der Waals surface area (Å²) in [5.41, 5.74) is 0.966. The second kappa shape index (κ2) is 3.57. The molecule has 2 aliphatic rings. The largest absolute Gasteiger partial charge is 0.453 e. The van der Waals surface area contributed by atoms with Gasteiger partial charge >= 0.3 is 0 Å². The van der Waals surface area contributed by atoms with Crippen LogP contribution in [0.5, 0.6) is 23.0 Å². The topological polar surface area (TPSA) is 36.9 Å². The highest BCUT2D eigenvalue weighted by molar-refractivity contribution is 5.57. The molecule has 0 fully saturated rings. The molecular formula is C15H12O4. The molecule has 0 unspecified atom stereocenters. The van der Waals surface area contributed by atoms with E-state index in [2.05, 4.69) is 0 Å². The summed E-state index contributed by atoms with van der Waals surface area (Å²) in [4.78, 5) is 0. The van der Waals surface area contributed by atoms with Gasteiger partial charge < -0.3 is 18.9 Å². The van der Waals surface area contributed by atoms with Crippen LogP contribution >= 0.6 is 0 Å². The lowest BCUT2D eigenvalue weighted by molar-refractivity contribution is -0.0681. The van der Waals surface area contributed by atoms with Gasteiger partial charge in [0.25, 0.3) is 5.79 Å². The molecule has 0 atom stereocenters. The normalized spacial score (nSPS) is 17.5. The monoisotopic (exact) mass is 256 g/mol. The number of fused-ring (bicyclic) bond motifs is 2. The van der Waals surface area contributed by atoms with Crippen molar-refractivity contribution in [3.63, 3.8) is 0 Å². The maximum atomic E-state index is 5.95. The Labute approximate surface area is 110 Å². The highest BCUT2D eigenvalue weighted by atomic mass is 16.7. The Bertz CT molecular complexity index is 603. The molecule has 0 amide bonds. The fraction of sp³-hybridized carbons (Fsp3) is 0.200. The molecule has 4 nitrogen and oxygen atoms in total. The van der Waals surface area contributed by atoms with Crippen LogP contribution in [0.2, 0.25) is 0 Å². The maximum Gasteiger partial charge on any atom is 0.275 e. The average Bonchev–Trinajstić information content (AvgIpc) is 2.99. The number of rotatable bonds is 1. The van der Waals surface area contributed by atoms with Crippen LogP contribution < -0.4 is 18.9 Å². The number of hydrogen-bond acceptors (Lipinski definition) is 4. The molecule has 0 aromatic heterocycles. The quantitative estimate of drug-likeness (QED) is 0.785. The Morgan fingerprint density at radius 2 is 1.42 bits per heavy atom. The van der Waals surface area contributed by atoms with Crippen LogP contribution in [-0.4, -0.2) is 6.79 Å². The smallest absolute Gasteiger partial charge is 0.275 e. The summed E-state index contributed by atoms with van der Waals surface area (Å²) in [7, 11) is 0. The van der Waals surface area contributed by atoms with Crippen LogP contribution in [0.3, 0.4) is 0 Å². The van der Waals surface area contributed by atoms with Crippen molar-refractivity contribution in [1.29, 1.82) is 0 Å². The van der Waals surface area contributed by atoms with Crippen molar-refractivity contribution >= 4 is 0 Å². The van der Waals surface area contributed by atoms with E-state index >= 15 is 0 Å². The highest BCUT2D eigenvalue weighted by Gasteiger charge is 2.40. The van der Waals surface area contributed by atoms with E-state index in [4.69, 9.17) is 18.9 Å². The lowest BCUT2D eigenvalue weighted by atomic mass is 10.1. The SMILES string of the molecule is CC1(c2ccccc2)Oc2cc3c(cc2O1)OCO3. The molecule has 2 aliphatic heterocycles. The first kappa shape index (κ1) is 10.6. The van der Waals surface area contributed by atoms with E-state index in [1.807, 2.05) is 49.4 Å². The van der Waals surface area contributed by atoms with Crippen LogP contribution in [-0.2, 0) is 5.79 Å². The van der Waals surface area contributed by atoms with E-state index in [0.717, 1.165) is 5.56 Å². The minimum Gasteiger partial charge on any atom is -0.453 e. The van der Waals surface area contributed by atoms with Gasteiger partial charge in [-0.25, -0.2) is 0 Å². The predicted octanol–water partition coefficient (Wildman–Crippen LogP) is 3.06. The van der Waals surface area contributed by atoms with Crippen LogP contribution in [0, 0.1) is 0 Å². The predicted molar refractivity (Wildman–Crippen MR) is 67.6 cm³/mol. The molecule has 2 heterocycles. The molecule has 0 aliphatic carbocycles. The molecule has 0 saturated carbocycles. The molecule has 0 spiro atoms. The zero-order valence-corrected chi connectivity index (χ0v) is 10.4. The van der Waals surface area contributed by atoms with Gasteiger partial charge in [0, 0.05) is 24.6 Å². The number of benzene rings is 2. The molecular weight excluding hydrogens is 244 g/mol. The molecule has 19 heavy (non-hydrogen) atoms. The van der Waals surface area contributed by atoms with Gasteiger partial charge in [-0.2, -0.15) is 0 Å². The second-order valence-electron chi connectivity index (χ2n) is 4.67. The Hall–Kier alpha value is -2.36. The van der Waals surface area contributed by atoms with Crippen molar-refractivity contribution in [3.05, 3.63) is 48.0 Å². The minimum absolute atomic E-state index is 0.244. The first-order valence-electron chi connectivity index (χ1n) is 6.12. The zero-order valence-electron chi connectivity index (χ0n) is 10.4. The van der Waals surface area contributed by atoms with E-state index in [1.54, 1.807) is 0 Å². The lowest BCUT2D eigenvalue weighted by Gasteiger charge is -2.23. The van der Waals surface area contributed by atoms with Crippen LogP contribution in [0.15, 0.2) is 42.5 Å². The van der Waals surface area contributed by atoms with E-state index in [9.17, 15) is 0 Å².